The second kappa shape index (κ2) is 14.1. The third-order valence-corrected chi connectivity index (χ3v) is 6.42. The third-order valence-electron chi connectivity index (χ3n) is 5.57. The second-order valence-electron chi connectivity index (χ2n) is 8.64. The van der Waals surface area contributed by atoms with Crippen molar-refractivity contribution in [3.8, 4) is 5.75 Å². The van der Waals surface area contributed by atoms with Gasteiger partial charge in [0.1, 0.15) is 18.5 Å². The number of aliphatic hydroxyl groups excluding tert-OH is 1. The number of thiazole rings is 1. The lowest BCUT2D eigenvalue weighted by atomic mass is 10.1. The molecule has 0 fully saturated rings. The van der Waals surface area contributed by atoms with Gasteiger partial charge in [0.15, 0.2) is 5.13 Å². The monoisotopic (exact) mass is 516 g/mol. The minimum atomic E-state index is -0.578. The highest BCUT2D eigenvalue weighted by Gasteiger charge is 2.09. The van der Waals surface area contributed by atoms with E-state index in [1.807, 2.05) is 78.2 Å². The van der Waals surface area contributed by atoms with Crippen LogP contribution >= 0.6 is 11.3 Å². The Kier molecular flexibility index (Phi) is 10.1. The number of carbonyl (C=O) groups excluding carboxylic acids is 1. The molecule has 1 atom stereocenters. The lowest BCUT2D eigenvalue weighted by molar-refractivity contribution is -0.115. The summed E-state index contributed by atoms with van der Waals surface area (Å²) in [5.41, 5.74) is 3.83. The van der Waals surface area contributed by atoms with E-state index in [2.05, 4.69) is 33.1 Å². The standard InChI is InChI=1S/C29H32N4O3S/c34-26(20-36-27-9-5-2-6-10-27)19-30-16-15-22-11-13-24(14-12-22)32-28(35)17-25-21-37-29(33-25)31-18-23-7-3-1-4-8-23/h1-14,21,26,30,34H,15-20H2,(H,31,33)(H,32,35)/t26-/m0/s1. The van der Waals surface area contributed by atoms with Gasteiger partial charge < -0.3 is 25.8 Å². The Bertz CT molecular complexity index is 1220. The molecule has 0 radical (unpaired) electrons. The molecule has 0 aliphatic carbocycles. The van der Waals surface area contributed by atoms with Gasteiger partial charge in [-0.1, -0.05) is 60.7 Å². The summed E-state index contributed by atoms with van der Waals surface area (Å²) in [5, 5.41) is 22.3. The van der Waals surface area contributed by atoms with Crippen molar-refractivity contribution < 1.29 is 14.6 Å². The van der Waals surface area contributed by atoms with E-state index in [0.29, 0.717) is 13.1 Å². The molecule has 0 aliphatic heterocycles. The summed E-state index contributed by atoms with van der Waals surface area (Å²) in [7, 11) is 0. The summed E-state index contributed by atoms with van der Waals surface area (Å²) in [6, 6.07) is 27.4. The van der Waals surface area contributed by atoms with E-state index in [9.17, 15) is 9.90 Å². The van der Waals surface area contributed by atoms with Crippen molar-refractivity contribution >= 4 is 28.1 Å². The maximum Gasteiger partial charge on any atom is 0.230 e. The minimum Gasteiger partial charge on any atom is -0.491 e. The highest BCUT2D eigenvalue weighted by Crippen LogP contribution is 2.18. The van der Waals surface area contributed by atoms with Crippen molar-refractivity contribution in [3.63, 3.8) is 0 Å². The van der Waals surface area contributed by atoms with E-state index >= 15 is 0 Å². The highest BCUT2D eigenvalue weighted by molar-refractivity contribution is 7.13. The number of para-hydroxylation sites is 1. The SMILES string of the molecule is O=C(Cc1csc(NCc2ccccc2)n1)Nc1ccc(CCNC[C@H](O)COc2ccccc2)cc1. The number of nitrogens with zero attached hydrogens (tertiary/aromatic N) is 1. The molecule has 4 N–H and O–H groups in total. The number of hydrogen-bond donors (Lipinski definition) is 4. The lowest BCUT2D eigenvalue weighted by Gasteiger charge is -2.13. The summed E-state index contributed by atoms with van der Waals surface area (Å²) < 4.78 is 5.56. The zero-order valence-electron chi connectivity index (χ0n) is 20.6. The number of hydrogen-bond acceptors (Lipinski definition) is 7. The number of rotatable bonds is 14. The normalized spacial score (nSPS) is 11.6. The molecule has 0 aliphatic rings. The van der Waals surface area contributed by atoms with E-state index in [-0.39, 0.29) is 18.9 Å². The van der Waals surface area contributed by atoms with Gasteiger partial charge in [-0.3, -0.25) is 4.79 Å². The Balaban J connectivity index is 1.11. The Hall–Kier alpha value is -3.72. The van der Waals surface area contributed by atoms with Gasteiger partial charge in [-0.15, -0.1) is 11.3 Å². The topological polar surface area (TPSA) is 95.5 Å². The molecule has 4 rings (SSSR count). The summed E-state index contributed by atoms with van der Waals surface area (Å²) in [6.45, 7) is 2.14. The van der Waals surface area contributed by atoms with Crippen LogP contribution < -0.4 is 20.7 Å². The summed E-state index contributed by atoms with van der Waals surface area (Å²) in [4.78, 5) is 17.0. The van der Waals surface area contributed by atoms with Crippen molar-refractivity contribution in [2.75, 3.05) is 30.3 Å². The number of ether oxygens (including phenoxy) is 1. The van der Waals surface area contributed by atoms with Crippen LogP contribution in [0, 0.1) is 0 Å². The molecule has 1 heterocycles. The molecule has 1 amide bonds. The van der Waals surface area contributed by atoms with E-state index in [0.717, 1.165) is 40.8 Å². The Morgan fingerprint density at radius 1 is 0.946 bits per heavy atom. The van der Waals surface area contributed by atoms with Gasteiger partial charge in [-0.25, -0.2) is 4.98 Å². The van der Waals surface area contributed by atoms with Crippen LogP contribution in [-0.4, -0.2) is 41.8 Å². The summed E-state index contributed by atoms with van der Waals surface area (Å²) in [6.07, 6.45) is 0.468. The second-order valence-corrected chi connectivity index (χ2v) is 9.50. The highest BCUT2D eigenvalue weighted by atomic mass is 32.1. The maximum absolute atomic E-state index is 12.5. The molecule has 0 saturated heterocycles. The zero-order chi connectivity index (χ0) is 25.7. The Morgan fingerprint density at radius 2 is 1.68 bits per heavy atom. The number of aromatic nitrogens is 1. The average Bonchev–Trinajstić information content (AvgIpc) is 3.38. The Labute approximate surface area is 221 Å². The van der Waals surface area contributed by atoms with Crippen molar-refractivity contribution in [2.45, 2.75) is 25.5 Å². The molecule has 8 heteroatoms. The largest absolute Gasteiger partial charge is 0.491 e. The van der Waals surface area contributed by atoms with Gasteiger partial charge in [0, 0.05) is 24.2 Å². The van der Waals surface area contributed by atoms with Crippen molar-refractivity contribution in [3.05, 3.63) is 107 Å². The molecule has 0 saturated carbocycles. The third kappa shape index (κ3) is 9.34. The molecule has 0 bridgehead atoms. The number of nitrogens with one attached hydrogen (secondary N) is 3. The predicted molar refractivity (Wildman–Crippen MR) is 149 cm³/mol. The maximum atomic E-state index is 12.5. The number of benzene rings is 3. The molecule has 4 aromatic rings. The first-order chi connectivity index (χ1) is 18.1. The van der Waals surface area contributed by atoms with Crippen molar-refractivity contribution in [2.24, 2.45) is 0 Å². The fraction of sp³-hybridized carbons (Fsp3) is 0.241. The molecule has 37 heavy (non-hydrogen) atoms. The van der Waals surface area contributed by atoms with Gasteiger partial charge in [-0.2, -0.15) is 0 Å². The molecule has 1 aromatic heterocycles. The molecule has 0 spiro atoms. The molecule has 7 nitrogen and oxygen atoms in total. The fourth-order valence-electron chi connectivity index (χ4n) is 3.64. The van der Waals surface area contributed by atoms with Crippen LogP contribution in [0.5, 0.6) is 5.75 Å². The first-order valence-corrected chi connectivity index (χ1v) is 13.2. The molecular weight excluding hydrogens is 484 g/mol. The first kappa shape index (κ1) is 26.3. The molecule has 3 aromatic carbocycles. The first-order valence-electron chi connectivity index (χ1n) is 12.3. The van der Waals surface area contributed by atoms with Crippen LogP contribution in [0.15, 0.2) is 90.3 Å². The van der Waals surface area contributed by atoms with Gasteiger partial charge in [-0.05, 0) is 48.4 Å². The summed E-state index contributed by atoms with van der Waals surface area (Å²) >= 11 is 1.50. The van der Waals surface area contributed by atoms with E-state index < -0.39 is 6.10 Å². The van der Waals surface area contributed by atoms with E-state index in [1.165, 1.54) is 16.9 Å². The Morgan fingerprint density at radius 3 is 2.43 bits per heavy atom. The van der Waals surface area contributed by atoms with Crippen LogP contribution in [-0.2, 0) is 24.2 Å². The average molecular weight is 517 g/mol. The predicted octanol–water partition coefficient (Wildman–Crippen LogP) is 4.51. The molecule has 0 unspecified atom stereocenters. The number of aliphatic hydroxyl groups is 1. The van der Waals surface area contributed by atoms with Gasteiger partial charge in [0.05, 0.1) is 12.1 Å². The van der Waals surface area contributed by atoms with Gasteiger partial charge in [0.25, 0.3) is 0 Å². The van der Waals surface area contributed by atoms with Crippen LogP contribution in [0.4, 0.5) is 10.8 Å². The van der Waals surface area contributed by atoms with Crippen molar-refractivity contribution in [1.82, 2.24) is 10.3 Å². The minimum absolute atomic E-state index is 0.0963. The summed E-state index contributed by atoms with van der Waals surface area (Å²) in [5.74, 6) is 0.655. The molecular formula is C29H32N4O3S. The zero-order valence-corrected chi connectivity index (χ0v) is 21.4. The fourth-order valence-corrected chi connectivity index (χ4v) is 4.35. The van der Waals surface area contributed by atoms with Crippen LogP contribution in [0.2, 0.25) is 0 Å². The number of anilines is 2. The van der Waals surface area contributed by atoms with Crippen LogP contribution in [0.1, 0.15) is 16.8 Å². The quantitative estimate of drug-likeness (QED) is 0.184. The van der Waals surface area contributed by atoms with Gasteiger partial charge >= 0.3 is 0 Å². The van der Waals surface area contributed by atoms with Gasteiger partial charge in [0.2, 0.25) is 5.91 Å². The lowest BCUT2D eigenvalue weighted by Crippen LogP contribution is -2.32. The molecule has 192 valence electrons. The smallest absolute Gasteiger partial charge is 0.230 e. The van der Waals surface area contributed by atoms with Crippen LogP contribution in [0.3, 0.4) is 0 Å². The van der Waals surface area contributed by atoms with Crippen molar-refractivity contribution in [1.29, 1.82) is 0 Å². The number of carbonyl (C=O) groups is 1. The van der Waals surface area contributed by atoms with E-state index in [4.69, 9.17) is 4.74 Å². The number of amides is 1. The van der Waals surface area contributed by atoms with Crippen LogP contribution in [0.25, 0.3) is 0 Å². The van der Waals surface area contributed by atoms with E-state index in [1.54, 1.807) is 0 Å².